The highest BCUT2D eigenvalue weighted by Gasteiger charge is 2.26. The van der Waals surface area contributed by atoms with Crippen LogP contribution in [-0.2, 0) is 11.3 Å². The lowest BCUT2D eigenvalue weighted by molar-refractivity contribution is -0.127. The van der Waals surface area contributed by atoms with Crippen LogP contribution < -0.4 is 5.32 Å². The van der Waals surface area contributed by atoms with E-state index >= 15 is 0 Å². The van der Waals surface area contributed by atoms with Gasteiger partial charge < -0.3 is 5.32 Å². The number of nitrogens with zero attached hydrogens (tertiary/aromatic N) is 1. The summed E-state index contributed by atoms with van der Waals surface area (Å²) in [5.74, 6) is 0.779. The molecule has 24 heavy (non-hydrogen) atoms. The Morgan fingerprint density at radius 3 is 2.79 bits per heavy atom. The number of piperidine rings is 1. The van der Waals surface area contributed by atoms with Crippen molar-refractivity contribution in [2.75, 3.05) is 19.6 Å². The number of hydrogen-bond acceptors (Lipinski definition) is 2. The van der Waals surface area contributed by atoms with Crippen LogP contribution in [0.15, 0.2) is 24.3 Å². The summed E-state index contributed by atoms with van der Waals surface area (Å²) in [6, 6.07) is 6.77. The Labute approximate surface area is 144 Å². The lowest BCUT2D eigenvalue weighted by atomic mass is 9.89. The molecule has 4 heteroatoms. The normalized spacial score (nSPS) is 23.1. The van der Waals surface area contributed by atoms with Crippen LogP contribution >= 0.6 is 0 Å². The summed E-state index contributed by atoms with van der Waals surface area (Å²) in [4.78, 5) is 14.8. The molecular weight excluding hydrogens is 303 g/mol. The van der Waals surface area contributed by atoms with Gasteiger partial charge in [-0.15, -0.1) is 0 Å². The molecule has 1 atom stereocenters. The molecule has 1 saturated heterocycles. The molecule has 1 N–H and O–H groups in total. The molecule has 1 amide bonds. The van der Waals surface area contributed by atoms with Crippen molar-refractivity contribution in [3.05, 3.63) is 35.6 Å². The Balaban J connectivity index is 1.46. The summed E-state index contributed by atoms with van der Waals surface area (Å²) in [6.07, 6.45) is 8.50. The number of carbonyl (C=O) groups is 1. The Morgan fingerprint density at radius 1 is 1.17 bits per heavy atom. The van der Waals surface area contributed by atoms with E-state index in [0.717, 1.165) is 44.6 Å². The highest BCUT2D eigenvalue weighted by atomic mass is 19.1. The van der Waals surface area contributed by atoms with Gasteiger partial charge in [0.05, 0.1) is 5.92 Å². The maximum absolute atomic E-state index is 13.3. The minimum absolute atomic E-state index is 0.0795. The van der Waals surface area contributed by atoms with Crippen molar-refractivity contribution in [1.29, 1.82) is 0 Å². The number of hydrogen-bond donors (Lipinski definition) is 1. The van der Waals surface area contributed by atoms with Gasteiger partial charge in [-0.1, -0.05) is 31.4 Å². The van der Waals surface area contributed by atoms with Gasteiger partial charge in [0.15, 0.2) is 0 Å². The second-order valence-electron chi connectivity index (χ2n) is 7.45. The van der Waals surface area contributed by atoms with Crippen LogP contribution in [-0.4, -0.2) is 30.4 Å². The molecule has 0 radical (unpaired) electrons. The van der Waals surface area contributed by atoms with Crippen molar-refractivity contribution in [1.82, 2.24) is 10.2 Å². The van der Waals surface area contributed by atoms with Gasteiger partial charge in [0.1, 0.15) is 5.82 Å². The van der Waals surface area contributed by atoms with Crippen LogP contribution in [0.25, 0.3) is 0 Å². The van der Waals surface area contributed by atoms with E-state index in [0.29, 0.717) is 5.92 Å². The second kappa shape index (κ2) is 8.61. The van der Waals surface area contributed by atoms with Crippen molar-refractivity contribution >= 4 is 5.91 Å². The van der Waals surface area contributed by atoms with Crippen molar-refractivity contribution in [2.45, 2.75) is 51.5 Å². The van der Waals surface area contributed by atoms with Gasteiger partial charge in [0.2, 0.25) is 5.91 Å². The second-order valence-corrected chi connectivity index (χ2v) is 7.45. The van der Waals surface area contributed by atoms with E-state index in [2.05, 4.69) is 10.2 Å². The fourth-order valence-corrected chi connectivity index (χ4v) is 4.09. The van der Waals surface area contributed by atoms with Gasteiger partial charge >= 0.3 is 0 Å². The third kappa shape index (κ3) is 5.04. The fourth-order valence-electron chi connectivity index (χ4n) is 4.09. The Morgan fingerprint density at radius 2 is 2.00 bits per heavy atom. The molecule has 1 aliphatic carbocycles. The number of halogens is 1. The first kappa shape index (κ1) is 17.4. The largest absolute Gasteiger partial charge is 0.356 e. The van der Waals surface area contributed by atoms with E-state index < -0.39 is 0 Å². The molecule has 132 valence electrons. The standard InChI is InChI=1S/C20H29FN2O/c21-19-10-4-8-17(12-19)14-23-11-5-9-18(15-23)20(24)22-13-16-6-2-1-3-7-16/h4,8,10,12,16,18H,1-3,5-7,9,11,13-15H2,(H,22,24). The maximum Gasteiger partial charge on any atom is 0.224 e. The number of rotatable bonds is 5. The average molecular weight is 332 g/mol. The van der Waals surface area contributed by atoms with E-state index in [-0.39, 0.29) is 17.6 Å². The first-order valence-corrected chi connectivity index (χ1v) is 9.45. The smallest absolute Gasteiger partial charge is 0.224 e. The number of benzene rings is 1. The van der Waals surface area contributed by atoms with Crippen LogP contribution in [0.2, 0.25) is 0 Å². The van der Waals surface area contributed by atoms with Crippen molar-refractivity contribution < 1.29 is 9.18 Å². The molecule has 1 aromatic rings. The van der Waals surface area contributed by atoms with Gasteiger partial charge in [0, 0.05) is 19.6 Å². The number of nitrogens with one attached hydrogen (secondary N) is 1. The van der Waals surface area contributed by atoms with Crippen LogP contribution in [0.5, 0.6) is 0 Å². The topological polar surface area (TPSA) is 32.3 Å². The van der Waals surface area contributed by atoms with Crippen LogP contribution in [0.3, 0.4) is 0 Å². The predicted octanol–water partition coefficient (Wildman–Crippen LogP) is 3.73. The quantitative estimate of drug-likeness (QED) is 0.891. The molecule has 1 unspecified atom stereocenters. The Hall–Kier alpha value is -1.42. The lowest BCUT2D eigenvalue weighted by Gasteiger charge is -2.32. The summed E-state index contributed by atoms with van der Waals surface area (Å²) in [5.41, 5.74) is 0.985. The van der Waals surface area contributed by atoms with Gasteiger partial charge in [-0.25, -0.2) is 4.39 Å². The third-order valence-electron chi connectivity index (χ3n) is 5.46. The van der Waals surface area contributed by atoms with Crippen molar-refractivity contribution in [2.24, 2.45) is 11.8 Å². The van der Waals surface area contributed by atoms with E-state index in [1.807, 2.05) is 6.07 Å². The van der Waals surface area contributed by atoms with Gasteiger partial charge in [-0.3, -0.25) is 9.69 Å². The molecule has 0 bridgehead atoms. The number of carbonyl (C=O) groups excluding carboxylic acids is 1. The summed E-state index contributed by atoms with van der Waals surface area (Å²) < 4.78 is 13.3. The van der Waals surface area contributed by atoms with Crippen LogP contribution in [0.4, 0.5) is 4.39 Å². The van der Waals surface area contributed by atoms with Gasteiger partial charge in [0.25, 0.3) is 0 Å². The Kier molecular flexibility index (Phi) is 6.24. The fraction of sp³-hybridized carbons (Fsp3) is 0.650. The molecule has 1 aromatic carbocycles. The molecule has 2 fully saturated rings. The highest BCUT2D eigenvalue weighted by molar-refractivity contribution is 5.78. The molecule has 3 rings (SSSR count). The van der Waals surface area contributed by atoms with E-state index in [1.54, 1.807) is 12.1 Å². The van der Waals surface area contributed by atoms with Crippen molar-refractivity contribution in [3.8, 4) is 0 Å². The average Bonchev–Trinajstić information content (AvgIpc) is 2.61. The van der Waals surface area contributed by atoms with E-state index in [9.17, 15) is 9.18 Å². The van der Waals surface area contributed by atoms with E-state index in [4.69, 9.17) is 0 Å². The zero-order valence-corrected chi connectivity index (χ0v) is 14.5. The highest BCUT2D eigenvalue weighted by Crippen LogP contribution is 2.23. The molecule has 0 spiro atoms. The first-order valence-electron chi connectivity index (χ1n) is 9.45. The SMILES string of the molecule is O=C(NCC1CCCCC1)C1CCCN(Cc2cccc(F)c2)C1. The minimum atomic E-state index is -0.189. The Bertz CT molecular complexity index is 542. The molecule has 1 aliphatic heterocycles. The summed E-state index contributed by atoms with van der Waals surface area (Å²) in [5, 5.41) is 3.19. The lowest BCUT2D eigenvalue weighted by Crippen LogP contribution is -2.43. The zero-order valence-electron chi connectivity index (χ0n) is 14.5. The summed E-state index contributed by atoms with van der Waals surface area (Å²) in [7, 11) is 0. The molecule has 3 nitrogen and oxygen atoms in total. The van der Waals surface area contributed by atoms with Gasteiger partial charge in [-0.2, -0.15) is 0 Å². The predicted molar refractivity (Wildman–Crippen MR) is 94.0 cm³/mol. The van der Waals surface area contributed by atoms with Gasteiger partial charge in [-0.05, 0) is 55.8 Å². The summed E-state index contributed by atoms with van der Waals surface area (Å²) >= 11 is 0. The zero-order chi connectivity index (χ0) is 16.8. The monoisotopic (exact) mass is 332 g/mol. The number of amides is 1. The summed E-state index contributed by atoms with van der Waals surface area (Å²) in [6.45, 7) is 3.35. The van der Waals surface area contributed by atoms with Crippen molar-refractivity contribution in [3.63, 3.8) is 0 Å². The van der Waals surface area contributed by atoms with E-state index in [1.165, 1.54) is 38.2 Å². The molecule has 0 aromatic heterocycles. The molecule has 1 heterocycles. The molecular formula is C20H29FN2O. The maximum atomic E-state index is 13.3. The minimum Gasteiger partial charge on any atom is -0.356 e. The number of likely N-dealkylation sites (tertiary alicyclic amines) is 1. The molecule has 2 aliphatic rings. The first-order chi connectivity index (χ1) is 11.7. The molecule has 1 saturated carbocycles. The van der Waals surface area contributed by atoms with Crippen LogP contribution in [0.1, 0.15) is 50.5 Å². The van der Waals surface area contributed by atoms with Crippen LogP contribution in [0, 0.1) is 17.7 Å². The third-order valence-corrected chi connectivity index (χ3v) is 5.46.